The molecule has 164 valence electrons. The van der Waals surface area contributed by atoms with Crippen molar-refractivity contribution >= 4 is 17.3 Å². The van der Waals surface area contributed by atoms with Crippen LogP contribution in [0.4, 0.5) is 0 Å². The summed E-state index contributed by atoms with van der Waals surface area (Å²) in [4.78, 5) is 40.2. The predicted octanol–water partition coefficient (Wildman–Crippen LogP) is 5.91. The molecule has 3 atom stereocenters. The summed E-state index contributed by atoms with van der Waals surface area (Å²) in [6.45, 7) is 15.9. The topological polar surface area (TPSA) is 51.2 Å². The van der Waals surface area contributed by atoms with Crippen LogP contribution in [-0.2, 0) is 22.4 Å². The number of ketones is 3. The summed E-state index contributed by atoms with van der Waals surface area (Å²) in [6, 6.07) is 4.21. The molecule has 3 heteroatoms. The minimum Gasteiger partial charge on any atom is -0.294 e. The van der Waals surface area contributed by atoms with Crippen molar-refractivity contribution in [3.8, 4) is 0 Å². The lowest BCUT2D eigenvalue weighted by atomic mass is 9.42. The van der Waals surface area contributed by atoms with E-state index >= 15 is 0 Å². The van der Waals surface area contributed by atoms with E-state index in [9.17, 15) is 14.4 Å². The molecule has 0 spiro atoms. The van der Waals surface area contributed by atoms with Crippen LogP contribution in [0.1, 0.15) is 88.4 Å². The van der Waals surface area contributed by atoms with Crippen molar-refractivity contribution in [1.29, 1.82) is 0 Å². The molecular formula is C28H34O3. The number of Topliss-reactive ketones (excluding diaryl/α,β-unsaturated/α-hetero) is 3. The van der Waals surface area contributed by atoms with Crippen LogP contribution < -0.4 is 0 Å². The molecule has 0 amide bonds. The third-order valence-electron chi connectivity index (χ3n) is 8.85. The molecule has 0 aromatic heterocycles. The third kappa shape index (κ3) is 2.61. The summed E-state index contributed by atoms with van der Waals surface area (Å²) >= 11 is 0. The van der Waals surface area contributed by atoms with Crippen LogP contribution in [0, 0.1) is 23.2 Å². The highest BCUT2D eigenvalue weighted by atomic mass is 16.2. The molecule has 0 saturated heterocycles. The molecule has 0 saturated carbocycles. The summed E-state index contributed by atoms with van der Waals surface area (Å²) in [6.07, 6.45) is 3.20. The maximum absolute atomic E-state index is 14.0. The zero-order valence-corrected chi connectivity index (χ0v) is 20.2. The van der Waals surface area contributed by atoms with Crippen LogP contribution in [0.15, 0.2) is 34.4 Å². The largest absolute Gasteiger partial charge is 0.294 e. The molecule has 1 aromatic rings. The lowest BCUT2D eigenvalue weighted by Crippen LogP contribution is -2.57. The van der Waals surface area contributed by atoms with Gasteiger partial charge in [-0.25, -0.2) is 0 Å². The predicted molar refractivity (Wildman–Crippen MR) is 123 cm³/mol. The Bertz CT molecular complexity index is 1130. The fraction of sp³-hybridized carbons (Fsp3) is 0.536. The SMILES string of the molecule is CCc1ccc(C)c2c1CC1(C)CC3(C)CC(C)=C(C(C)=O)C(=O)C3(C)C(C)=C1C2=O. The molecule has 0 radical (unpaired) electrons. The Labute approximate surface area is 186 Å². The zero-order chi connectivity index (χ0) is 23.1. The quantitative estimate of drug-likeness (QED) is 0.561. The highest BCUT2D eigenvalue weighted by molar-refractivity contribution is 6.24. The van der Waals surface area contributed by atoms with E-state index in [1.807, 2.05) is 27.7 Å². The molecular weight excluding hydrogens is 384 g/mol. The van der Waals surface area contributed by atoms with Crippen LogP contribution >= 0.6 is 0 Å². The third-order valence-corrected chi connectivity index (χ3v) is 8.85. The molecule has 0 heterocycles. The molecule has 3 aliphatic rings. The van der Waals surface area contributed by atoms with E-state index in [2.05, 4.69) is 32.9 Å². The van der Waals surface area contributed by atoms with E-state index in [0.717, 1.165) is 47.1 Å². The van der Waals surface area contributed by atoms with E-state index in [4.69, 9.17) is 0 Å². The summed E-state index contributed by atoms with van der Waals surface area (Å²) < 4.78 is 0. The Morgan fingerprint density at radius 3 is 2.26 bits per heavy atom. The zero-order valence-electron chi connectivity index (χ0n) is 20.2. The number of fused-ring (bicyclic) bond motifs is 3. The number of benzene rings is 1. The van der Waals surface area contributed by atoms with Gasteiger partial charge in [0.05, 0.1) is 11.0 Å². The van der Waals surface area contributed by atoms with Gasteiger partial charge < -0.3 is 0 Å². The lowest BCUT2D eigenvalue weighted by molar-refractivity contribution is -0.134. The Balaban J connectivity index is 2.03. The van der Waals surface area contributed by atoms with Crippen LogP contribution in [0.25, 0.3) is 0 Å². The van der Waals surface area contributed by atoms with Crippen LogP contribution in [-0.4, -0.2) is 17.3 Å². The van der Waals surface area contributed by atoms with Gasteiger partial charge in [0.1, 0.15) is 0 Å². The smallest absolute Gasteiger partial charge is 0.190 e. The Morgan fingerprint density at radius 2 is 1.68 bits per heavy atom. The molecule has 3 aliphatic carbocycles. The van der Waals surface area contributed by atoms with Crippen molar-refractivity contribution in [1.82, 2.24) is 0 Å². The Hall–Kier alpha value is -2.29. The van der Waals surface area contributed by atoms with E-state index in [0.29, 0.717) is 12.0 Å². The summed E-state index contributed by atoms with van der Waals surface area (Å²) in [5.74, 6) is -0.183. The van der Waals surface area contributed by atoms with Crippen LogP contribution in [0.5, 0.6) is 0 Å². The van der Waals surface area contributed by atoms with Gasteiger partial charge >= 0.3 is 0 Å². The first kappa shape index (κ1) is 21.9. The molecule has 0 fully saturated rings. The first-order chi connectivity index (χ1) is 14.3. The minimum absolute atomic E-state index is 0.0841. The van der Waals surface area contributed by atoms with Gasteiger partial charge in [-0.3, -0.25) is 14.4 Å². The number of carbonyl (C=O) groups is 3. The Kier molecular flexibility index (Phi) is 4.67. The van der Waals surface area contributed by atoms with Gasteiger partial charge in [0.2, 0.25) is 0 Å². The fourth-order valence-electron chi connectivity index (χ4n) is 7.31. The number of carbonyl (C=O) groups excluding carboxylic acids is 3. The first-order valence-electron chi connectivity index (χ1n) is 11.5. The lowest BCUT2D eigenvalue weighted by Gasteiger charge is -2.59. The fourth-order valence-corrected chi connectivity index (χ4v) is 7.31. The summed E-state index contributed by atoms with van der Waals surface area (Å²) in [7, 11) is 0. The number of rotatable bonds is 2. The standard InChI is InChI=1S/C28H34O3/c1-9-19-11-10-15(2)22-20(19)13-26(6)14-27(7)12-16(3)21(18(5)29)25(31)28(27,8)17(4)23(26)24(22)30/h10-11H,9,12-14H2,1-8H3. The van der Waals surface area contributed by atoms with E-state index in [1.165, 1.54) is 18.1 Å². The number of allylic oxidation sites excluding steroid dienone is 4. The number of hydrogen-bond acceptors (Lipinski definition) is 3. The van der Waals surface area contributed by atoms with Gasteiger partial charge in [0.25, 0.3) is 0 Å². The van der Waals surface area contributed by atoms with Gasteiger partial charge in [-0.05, 0) is 82.4 Å². The maximum Gasteiger partial charge on any atom is 0.190 e. The normalized spacial score (nSPS) is 32.6. The molecule has 0 aliphatic heterocycles. The van der Waals surface area contributed by atoms with Crippen molar-refractivity contribution < 1.29 is 14.4 Å². The second kappa shape index (κ2) is 6.60. The van der Waals surface area contributed by atoms with E-state index in [1.54, 1.807) is 0 Å². The molecule has 1 aromatic carbocycles. The minimum atomic E-state index is -0.841. The molecule has 0 N–H and O–H groups in total. The molecule has 3 nitrogen and oxygen atoms in total. The highest BCUT2D eigenvalue weighted by Crippen LogP contribution is 2.66. The van der Waals surface area contributed by atoms with E-state index < -0.39 is 5.41 Å². The maximum atomic E-state index is 14.0. The molecule has 4 rings (SSSR count). The van der Waals surface area contributed by atoms with Crippen LogP contribution in [0.3, 0.4) is 0 Å². The van der Waals surface area contributed by atoms with Crippen molar-refractivity contribution in [2.75, 3.05) is 0 Å². The summed E-state index contributed by atoms with van der Waals surface area (Å²) in [5, 5.41) is 0. The van der Waals surface area contributed by atoms with Gasteiger partial charge in [-0.2, -0.15) is 0 Å². The van der Waals surface area contributed by atoms with E-state index in [-0.39, 0.29) is 28.2 Å². The average Bonchev–Trinajstić information content (AvgIpc) is 2.64. The van der Waals surface area contributed by atoms with Gasteiger partial charge in [-0.1, -0.05) is 44.1 Å². The number of aryl methyl sites for hydroxylation is 2. The van der Waals surface area contributed by atoms with Gasteiger partial charge in [0, 0.05) is 16.6 Å². The molecule has 0 bridgehead atoms. The van der Waals surface area contributed by atoms with Crippen molar-refractivity contribution in [3.63, 3.8) is 0 Å². The van der Waals surface area contributed by atoms with Crippen molar-refractivity contribution in [2.45, 2.75) is 81.1 Å². The van der Waals surface area contributed by atoms with Crippen molar-refractivity contribution in [2.24, 2.45) is 16.2 Å². The molecule has 31 heavy (non-hydrogen) atoms. The Morgan fingerprint density at radius 1 is 1.03 bits per heavy atom. The average molecular weight is 419 g/mol. The van der Waals surface area contributed by atoms with Gasteiger partial charge in [-0.15, -0.1) is 0 Å². The van der Waals surface area contributed by atoms with Crippen LogP contribution in [0.2, 0.25) is 0 Å². The summed E-state index contributed by atoms with van der Waals surface area (Å²) in [5.41, 5.74) is 5.72. The number of hydrogen-bond donors (Lipinski definition) is 0. The second-order valence-corrected chi connectivity index (χ2v) is 10.9. The second-order valence-electron chi connectivity index (χ2n) is 10.9. The van der Waals surface area contributed by atoms with Crippen molar-refractivity contribution in [3.05, 3.63) is 56.7 Å². The monoisotopic (exact) mass is 418 g/mol. The first-order valence-corrected chi connectivity index (χ1v) is 11.5. The highest BCUT2D eigenvalue weighted by Gasteiger charge is 2.63. The van der Waals surface area contributed by atoms with Gasteiger partial charge in [0.15, 0.2) is 17.3 Å². The molecule has 3 unspecified atom stereocenters.